The zero-order valence-electron chi connectivity index (χ0n) is 13.5. The Balaban J connectivity index is 1.78. The van der Waals surface area contributed by atoms with Crippen LogP contribution in [0.15, 0.2) is 54.6 Å². The Morgan fingerprint density at radius 1 is 1.12 bits per heavy atom. The van der Waals surface area contributed by atoms with Gasteiger partial charge in [-0.3, -0.25) is 9.78 Å². The summed E-state index contributed by atoms with van der Waals surface area (Å²) in [5, 5.41) is 11.1. The summed E-state index contributed by atoms with van der Waals surface area (Å²) in [7, 11) is 0. The van der Waals surface area contributed by atoms with Crippen molar-refractivity contribution in [2.24, 2.45) is 0 Å². The average molecular weight is 321 g/mol. The first kappa shape index (κ1) is 16.0. The van der Waals surface area contributed by atoms with Gasteiger partial charge in [-0.2, -0.15) is 0 Å². The molecule has 0 spiro atoms. The summed E-state index contributed by atoms with van der Waals surface area (Å²) in [6, 6.07) is 16.4. The van der Waals surface area contributed by atoms with Crippen LogP contribution in [0.25, 0.3) is 10.9 Å². The predicted octanol–water partition coefficient (Wildman–Crippen LogP) is 4.15. The van der Waals surface area contributed by atoms with Crippen molar-refractivity contribution >= 4 is 16.7 Å². The van der Waals surface area contributed by atoms with Gasteiger partial charge in [0.25, 0.3) is 0 Å². The van der Waals surface area contributed by atoms with Gasteiger partial charge in [-0.25, -0.2) is 0 Å². The van der Waals surface area contributed by atoms with Crippen LogP contribution in [0.4, 0.5) is 0 Å². The molecule has 1 aromatic heterocycles. The van der Waals surface area contributed by atoms with E-state index in [1.54, 1.807) is 12.1 Å². The third kappa shape index (κ3) is 3.54. The highest BCUT2D eigenvalue weighted by Gasteiger charge is 2.14. The molecule has 122 valence electrons. The number of rotatable bonds is 6. The summed E-state index contributed by atoms with van der Waals surface area (Å²) in [6.07, 6.45) is 1.03. The number of Topliss-reactive ketones (excluding diaryl/α,β-unsaturated/α-hetero) is 1. The van der Waals surface area contributed by atoms with Crippen LogP contribution in [-0.4, -0.2) is 22.5 Å². The quantitative estimate of drug-likeness (QED) is 0.693. The maximum Gasteiger partial charge on any atom is 0.172 e. The van der Waals surface area contributed by atoms with Crippen molar-refractivity contribution in [3.63, 3.8) is 0 Å². The van der Waals surface area contributed by atoms with E-state index >= 15 is 0 Å². The van der Waals surface area contributed by atoms with Crippen LogP contribution in [0, 0.1) is 0 Å². The van der Waals surface area contributed by atoms with Crippen molar-refractivity contribution in [2.75, 3.05) is 6.61 Å². The van der Waals surface area contributed by atoms with Gasteiger partial charge in [-0.05, 0) is 30.7 Å². The van der Waals surface area contributed by atoms with Crippen LogP contribution >= 0.6 is 0 Å². The van der Waals surface area contributed by atoms with E-state index in [-0.39, 0.29) is 23.5 Å². The first-order valence-electron chi connectivity index (χ1n) is 8.01. The van der Waals surface area contributed by atoms with Crippen LogP contribution in [0.5, 0.6) is 11.5 Å². The van der Waals surface area contributed by atoms with Crippen LogP contribution in [0.1, 0.15) is 29.4 Å². The number of hydrogen-bond acceptors (Lipinski definition) is 4. The van der Waals surface area contributed by atoms with Crippen LogP contribution in [-0.2, 0) is 6.42 Å². The number of aromatic nitrogens is 1. The summed E-state index contributed by atoms with van der Waals surface area (Å²) in [5.74, 6) is 0.335. The average Bonchev–Trinajstić information content (AvgIpc) is 2.59. The number of aromatic hydroxyl groups is 1. The number of nitrogens with zero attached hydrogens (tertiary/aromatic N) is 1. The molecule has 2 aromatic carbocycles. The molecular weight excluding hydrogens is 302 g/mol. The lowest BCUT2D eigenvalue weighted by molar-refractivity contribution is 0.0989. The van der Waals surface area contributed by atoms with E-state index in [4.69, 9.17) is 4.74 Å². The van der Waals surface area contributed by atoms with E-state index in [1.165, 1.54) is 6.07 Å². The molecule has 0 aliphatic rings. The second-order valence-corrected chi connectivity index (χ2v) is 5.62. The summed E-state index contributed by atoms with van der Waals surface area (Å²) in [5.41, 5.74) is 1.83. The Morgan fingerprint density at radius 2 is 1.96 bits per heavy atom. The molecule has 0 radical (unpaired) electrons. The van der Waals surface area contributed by atoms with Gasteiger partial charge in [-0.1, -0.05) is 31.2 Å². The number of phenolic OH excluding ortho intramolecular Hbond substituents is 1. The molecule has 0 aliphatic heterocycles. The fourth-order valence-electron chi connectivity index (χ4n) is 2.52. The number of carbonyl (C=O) groups is 1. The molecule has 0 unspecified atom stereocenters. The Bertz CT molecular complexity index is 874. The molecule has 3 aromatic rings. The lowest BCUT2D eigenvalue weighted by Crippen LogP contribution is -2.06. The highest BCUT2D eigenvalue weighted by atomic mass is 16.5. The lowest BCUT2D eigenvalue weighted by Gasteiger charge is -2.08. The van der Waals surface area contributed by atoms with Crippen LogP contribution in [0.2, 0.25) is 0 Å². The monoisotopic (exact) mass is 321 g/mol. The molecule has 0 fully saturated rings. The molecule has 0 amide bonds. The van der Waals surface area contributed by atoms with E-state index in [2.05, 4.69) is 4.98 Å². The zero-order chi connectivity index (χ0) is 16.9. The summed E-state index contributed by atoms with van der Waals surface area (Å²) in [6.45, 7) is 2.59. The zero-order valence-corrected chi connectivity index (χ0v) is 13.5. The molecular formula is C20H19NO3. The molecule has 1 N–H and O–H groups in total. The number of ketones is 1. The first-order valence-corrected chi connectivity index (χ1v) is 8.01. The number of hydrogen-bond donors (Lipinski definition) is 1. The second-order valence-electron chi connectivity index (χ2n) is 5.62. The van der Waals surface area contributed by atoms with Gasteiger partial charge in [0.2, 0.25) is 0 Å². The molecule has 0 saturated heterocycles. The normalized spacial score (nSPS) is 10.7. The third-order valence-corrected chi connectivity index (χ3v) is 3.74. The second kappa shape index (κ2) is 7.13. The minimum absolute atomic E-state index is 0.0607. The van der Waals surface area contributed by atoms with Crippen LogP contribution < -0.4 is 4.74 Å². The van der Waals surface area contributed by atoms with E-state index < -0.39 is 0 Å². The number of pyridine rings is 1. The van der Waals surface area contributed by atoms with Crippen molar-refractivity contribution in [2.45, 2.75) is 19.8 Å². The number of para-hydroxylation sites is 1. The summed E-state index contributed by atoms with van der Waals surface area (Å²) in [4.78, 5) is 17.0. The number of phenols is 1. The Hall–Kier alpha value is -2.88. The Morgan fingerprint density at radius 3 is 2.75 bits per heavy atom. The van der Waals surface area contributed by atoms with Crippen LogP contribution in [0.3, 0.4) is 0 Å². The van der Waals surface area contributed by atoms with E-state index in [0.717, 1.165) is 17.3 Å². The van der Waals surface area contributed by atoms with E-state index in [9.17, 15) is 9.90 Å². The minimum atomic E-state index is -0.169. The fraction of sp³-hybridized carbons (Fsp3) is 0.200. The van der Waals surface area contributed by atoms with Gasteiger partial charge in [0, 0.05) is 17.1 Å². The minimum Gasteiger partial charge on any atom is -0.507 e. The van der Waals surface area contributed by atoms with Crippen molar-refractivity contribution < 1.29 is 14.6 Å². The Kier molecular flexibility index (Phi) is 4.75. The van der Waals surface area contributed by atoms with E-state index in [0.29, 0.717) is 18.1 Å². The number of carbonyl (C=O) groups excluding carboxylic acids is 1. The number of benzene rings is 2. The first-order chi connectivity index (χ1) is 11.7. The fourth-order valence-corrected chi connectivity index (χ4v) is 2.52. The predicted molar refractivity (Wildman–Crippen MR) is 93.7 cm³/mol. The van der Waals surface area contributed by atoms with Gasteiger partial charge in [0.1, 0.15) is 11.5 Å². The summed E-state index contributed by atoms with van der Waals surface area (Å²) >= 11 is 0. The molecule has 4 heteroatoms. The van der Waals surface area contributed by atoms with Gasteiger partial charge in [0.15, 0.2) is 5.78 Å². The number of ether oxygens (including phenoxy) is 1. The van der Waals surface area contributed by atoms with Crippen molar-refractivity contribution in [1.82, 2.24) is 4.98 Å². The molecule has 0 aliphatic carbocycles. The molecule has 0 atom stereocenters. The summed E-state index contributed by atoms with van der Waals surface area (Å²) < 4.78 is 5.45. The largest absolute Gasteiger partial charge is 0.507 e. The molecule has 0 bridgehead atoms. The number of fused-ring (bicyclic) bond motifs is 1. The molecule has 0 saturated carbocycles. The van der Waals surface area contributed by atoms with E-state index in [1.807, 2.05) is 43.3 Å². The van der Waals surface area contributed by atoms with Crippen molar-refractivity contribution in [3.05, 3.63) is 65.9 Å². The highest BCUT2D eigenvalue weighted by Crippen LogP contribution is 2.25. The standard InChI is InChI=1S/C20H19NO3/c1-2-11-24-16-9-10-17(20(23)13-16)19(22)12-15-8-7-14-5-3-4-6-18(14)21-15/h3-10,13,23H,2,11-12H2,1H3. The maximum atomic E-state index is 12.5. The molecule has 1 heterocycles. The maximum absolute atomic E-state index is 12.5. The van der Waals surface area contributed by atoms with Gasteiger partial charge in [-0.15, -0.1) is 0 Å². The molecule has 24 heavy (non-hydrogen) atoms. The third-order valence-electron chi connectivity index (χ3n) is 3.74. The molecule has 4 nitrogen and oxygen atoms in total. The molecule has 3 rings (SSSR count). The van der Waals surface area contributed by atoms with Gasteiger partial charge >= 0.3 is 0 Å². The SMILES string of the molecule is CCCOc1ccc(C(=O)Cc2ccc3ccccc3n2)c(O)c1. The van der Waals surface area contributed by atoms with Crippen molar-refractivity contribution in [1.29, 1.82) is 0 Å². The lowest BCUT2D eigenvalue weighted by atomic mass is 10.0. The Labute approximate surface area is 140 Å². The topological polar surface area (TPSA) is 59.4 Å². The van der Waals surface area contributed by atoms with Gasteiger partial charge in [0.05, 0.1) is 24.1 Å². The smallest absolute Gasteiger partial charge is 0.172 e. The van der Waals surface area contributed by atoms with Gasteiger partial charge < -0.3 is 9.84 Å². The highest BCUT2D eigenvalue weighted by molar-refractivity contribution is 6.00. The van der Waals surface area contributed by atoms with Crippen molar-refractivity contribution in [3.8, 4) is 11.5 Å².